The molecule has 2 aromatic carbocycles. The number of hydrogen-bond donors (Lipinski definition) is 1. The third-order valence-electron chi connectivity index (χ3n) is 4.50. The van der Waals surface area contributed by atoms with Gasteiger partial charge in [0.1, 0.15) is 7.85 Å². The second kappa shape index (κ2) is 7.72. The Labute approximate surface area is 163 Å². The minimum atomic E-state index is -0.793. The van der Waals surface area contributed by atoms with Gasteiger partial charge in [-0.25, -0.2) is 4.79 Å². The lowest BCUT2D eigenvalue weighted by Crippen LogP contribution is -2.31. The Morgan fingerprint density at radius 2 is 1.71 bits per heavy atom. The van der Waals surface area contributed by atoms with Crippen LogP contribution in [0.15, 0.2) is 59.9 Å². The Hall–Kier alpha value is -3.35. The molecule has 1 aliphatic heterocycles. The highest BCUT2D eigenvalue weighted by atomic mass is 16.5. The van der Waals surface area contributed by atoms with Crippen molar-refractivity contribution in [3.05, 3.63) is 71.0 Å². The van der Waals surface area contributed by atoms with E-state index in [-0.39, 0.29) is 12.2 Å². The van der Waals surface area contributed by atoms with Crippen LogP contribution in [-0.2, 0) is 14.3 Å². The molecule has 7 heteroatoms. The van der Waals surface area contributed by atoms with Crippen LogP contribution in [-0.4, -0.2) is 37.2 Å². The van der Waals surface area contributed by atoms with E-state index in [9.17, 15) is 19.5 Å². The number of hydrogen-bond acceptors (Lipinski definition) is 5. The van der Waals surface area contributed by atoms with Crippen molar-refractivity contribution in [1.29, 1.82) is 0 Å². The van der Waals surface area contributed by atoms with Gasteiger partial charge in [-0.3, -0.25) is 14.5 Å². The Balaban J connectivity index is 2.05. The van der Waals surface area contributed by atoms with E-state index in [1.54, 1.807) is 43.3 Å². The molecule has 1 atom stereocenters. The molecule has 140 valence electrons. The van der Waals surface area contributed by atoms with Gasteiger partial charge in [0.2, 0.25) is 0 Å². The van der Waals surface area contributed by atoms with Gasteiger partial charge in [-0.2, -0.15) is 0 Å². The maximum atomic E-state index is 12.7. The molecule has 1 amide bonds. The van der Waals surface area contributed by atoms with E-state index < -0.39 is 29.5 Å². The van der Waals surface area contributed by atoms with E-state index in [0.29, 0.717) is 22.3 Å². The molecule has 0 spiro atoms. The zero-order valence-corrected chi connectivity index (χ0v) is 15.5. The molecule has 0 saturated heterocycles. The highest BCUT2D eigenvalue weighted by Crippen LogP contribution is 2.40. The van der Waals surface area contributed by atoms with Crippen molar-refractivity contribution in [3.8, 4) is 0 Å². The number of Topliss-reactive ketones (excluding diaryl/α,β-unsaturated/α-hetero) is 1. The van der Waals surface area contributed by atoms with Gasteiger partial charge in [-0.15, -0.1) is 0 Å². The van der Waals surface area contributed by atoms with Gasteiger partial charge >= 0.3 is 5.97 Å². The highest BCUT2D eigenvalue weighted by Gasteiger charge is 2.43. The van der Waals surface area contributed by atoms with Crippen molar-refractivity contribution in [3.63, 3.8) is 0 Å². The van der Waals surface area contributed by atoms with Crippen LogP contribution in [0.4, 0.5) is 5.69 Å². The van der Waals surface area contributed by atoms with Crippen molar-refractivity contribution >= 4 is 36.7 Å². The molecule has 28 heavy (non-hydrogen) atoms. The first kappa shape index (κ1) is 19.4. The summed E-state index contributed by atoms with van der Waals surface area (Å²) in [7, 11) is 5.74. The van der Waals surface area contributed by atoms with Gasteiger partial charge in [-0.1, -0.05) is 29.7 Å². The van der Waals surface area contributed by atoms with Crippen LogP contribution in [0.25, 0.3) is 0 Å². The SMILES string of the molecule is [B]c1ccc([C@H]2C(C(C)=O)=C(O)C(=O)N2c2ccc(C(=O)OCC)cc2)cc1. The summed E-state index contributed by atoms with van der Waals surface area (Å²) in [5, 5.41) is 10.3. The first-order valence-electron chi connectivity index (χ1n) is 8.75. The lowest BCUT2D eigenvalue weighted by Gasteiger charge is -2.27. The van der Waals surface area contributed by atoms with Crippen molar-refractivity contribution in [2.45, 2.75) is 19.9 Å². The normalized spacial score (nSPS) is 16.4. The number of aliphatic hydroxyl groups is 1. The first-order chi connectivity index (χ1) is 13.3. The predicted octanol–water partition coefficient (Wildman–Crippen LogP) is 2.15. The van der Waals surface area contributed by atoms with Crippen molar-refractivity contribution in [2.75, 3.05) is 11.5 Å². The predicted molar refractivity (Wildman–Crippen MR) is 105 cm³/mol. The summed E-state index contributed by atoms with van der Waals surface area (Å²) < 4.78 is 4.96. The fraction of sp³-hybridized carbons (Fsp3) is 0.190. The lowest BCUT2D eigenvalue weighted by molar-refractivity contribution is -0.117. The van der Waals surface area contributed by atoms with Crippen LogP contribution in [0.1, 0.15) is 35.8 Å². The summed E-state index contributed by atoms with van der Waals surface area (Å²) >= 11 is 0. The number of amides is 1. The second-order valence-corrected chi connectivity index (χ2v) is 6.33. The first-order valence-corrected chi connectivity index (χ1v) is 8.75. The van der Waals surface area contributed by atoms with Gasteiger partial charge in [-0.05, 0) is 43.7 Å². The van der Waals surface area contributed by atoms with E-state index in [1.165, 1.54) is 24.0 Å². The van der Waals surface area contributed by atoms with E-state index in [0.717, 1.165) is 0 Å². The van der Waals surface area contributed by atoms with Crippen molar-refractivity contribution in [2.24, 2.45) is 0 Å². The Kier molecular flexibility index (Phi) is 5.35. The molecule has 6 nitrogen and oxygen atoms in total. The second-order valence-electron chi connectivity index (χ2n) is 6.33. The molecule has 0 saturated carbocycles. The third-order valence-corrected chi connectivity index (χ3v) is 4.50. The number of rotatable bonds is 5. The largest absolute Gasteiger partial charge is 0.503 e. The maximum Gasteiger partial charge on any atom is 0.338 e. The molecule has 0 fully saturated rings. The van der Waals surface area contributed by atoms with Crippen LogP contribution in [0.3, 0.4) is 0 Å². The molecule has 1 heterocycles. The number of ether oxygens (including phenoxy) is 1. The van der Waals surface area contributed by atoms with Gasteiger partial charge in [0.05, 0.1) is 23.8 Å². The van der Waals surface area contributed by atoms with E-state index in [1.807, 2.05) is 0 Å². The van der Waals surface area contributed by atoms with Crippen LogP contribution in [0, 0.1) is 0 Å². The summed E-state index contributed by atoms with van der Waals surface area (Å²) in [4.78, 5) is 38.1. The molecule has 0 bridgehead atoms. The molecule has 0 aromatic heterocycles. The van der Waals surface area contributed by atoms with Crippen LogP contribution >= 0.6 is 0 Å². The number of aliphatic hydroxyl groups excluding tert-OH is 1. The molecular weight excluding hydrogens is 357 g/mol. The van der Waals surface area contributed by atoms with Gasteiger partial charge in [0.25, 0.3) is 5.91 Å². The number of ketones is 1. The quantitative estimate of drug-likeness (QED) is 0.640. The molecule has 2 aromatic rings. The third kappa shape index (κ3) is 3.43. The zero-order valence-electron chi connectivity index (χ0n) is 15.5. The number of nitrogens with zero attached hydrogens (tertiary/aromatic N) is 1. The van der Waals surface area contributed by atoms with Crippen molar-refractivity contribution < 1.29 is 24.2 Å². The molecule has 2 radical (unpaired) electrons. The van der Waals surface area contributed by atoms with Crippen molar-refractivity contribution in [1.82, 2.24) is 0 Å². The Bertz CT molecular complexity index is 963. The van der Waals surface area contributed by atoms with Crippen LogP contribution < -0.4 is 10.4 Å². The standard InChI is InChI=1S/C21H18BNO5/c1-3-28-21(27)14-6-10-16(11-7-14)23-18(13-4-8-15(22)9-5-13)17(12(2)24)19(25)20(23)26/h4-11,18,25H,3H2,1-2H3/t18-/m0/s1. The average Bonchev–Trinajstić information content (AvgIpc) is 2.94. The topological polar surface area (TPSA) is 83.9 Å². The molecule has 0 unspecified atom stereocenters. The van der Waals surface area contributed by atoms with Crippen LogP contribution in [0.5, 0.6) is 0 Å². The Morgan fingerprint density at radius 1 is 1.11 bits per heavy atom. The van der Waals surface area contributed by atoms with Gasteiger partial charge < -0.3 is 9.84 Å². The number of esters is 1. The molecular formula is C21H18BNO5. The highest BCUT2D eigenvalue weighted by molar-refractivity contribution is 6.32. The van der Waals surface area contributed by atoms with E-state index in [4.69, 9.17) is 12.6 Å². The maximum absolute atomic E-state index is 12.7. The van der Waals surface area contributed by atoms with Gasteiger partial charge in [0, 0.05) is 5.69 Å². The number of benzene rings is 2. The minimum absolute atomic E-state index is 0.0178. The minimum Gasteiger partial charge on any atom is -0.503 e. The summed E-state index contributed by atoms with van der Waals surface area (Å²) in [5.41, 5.74) is 1.96. The Morgan fingerprint density at radius 3 is 2.25 bits per heavy atom. The molecule has 1 aliphatic rings. The fourth-order valence-corrected chi connectivity index (χ4v) is 3.20. The van der Waals surface area contributed by atoms with Crippen LogP contribution in [0.2, 0.25) is 0 Å². The lowest BCUT2D eigenvalue weighted by atomic mass is 9.91. The molecule has 3 rings (SSSR count). The smallest absolute Gasteiger partial charge is 0.338 e. The molecule has 0 aliphatic carbocycles. The number of carbonyl (C=O) groups is 3. The number of anilines is 1. The summed E-state index contributed by atoms with van der Waals surface area (Å²) in [6.07, 6.45) is 0. The monoisotopic (exact) mass is 375 g/mol. The molecule has 1 N–H and O–H groups in total. The fourth-order valence-electron chi connectivity index (χ4n) is 3.20. The average molecular weight is 375 g/mol. The summed E-state index contributed by atoms with van der Waals surface area (Å²) in [6, 6.07) is 12.1. The number of carbonyl (C=O) groups excluding carboxylic acids is 3. The summed E-state index contributed by atoms with van der Waals surface area (Å²) in [5.74, 6) is -2.14. The zero-order chi connectivity index (χ0) is 20.4. The summed E-state index contributed by atoms with van der Waals surface area (Å²) in [6.45, 7) is 3.27. The van der Waals surface area contributed by atoms with E-state index >= 15 is 0 Å². The van der Waals surface area contributed by atoms with Gasteiger partial charge in [0.15, 0.2) is 11.5 Å². The van der Waals surface area contributed by atoms with E-state index in [2.05, 4.69) is 0 Å².